The number of hydrogen-bond acceptors (Lipinski definition) is 2. The number of benzene rings is 1. The first-order valence-electron chi connectivity index (χ1n) is 12.4. The van der Waals surface area contributed by atoms with Crippen molar-refractivity contribution in [3.63, 3.8) is 0 Å². The summed E-state index contributed by atoms with van der Waals surface area (Å²) in [4.78, 5) is 11.9. The first-order valence-corrected chi connectivity index (χ1v) is 12.4. The molecule has 3 heteroatoms. The van der Waals surface area contributed by atoms with Gasteiger partial charge >= 0.3 is 0 Å². The summed E-state index contributed by atoms with van der Waals surface area (Å²) >= 11 is 0. The lowest BCUT2D eigenvalue weighted by molar-refractivity contribution is -0.121. The van der Waals surface area contributed by atoms with E-state index in [0.29, 0.717) is 13.0 Å². The Labute approximate surface area is 185 Å². The Morgan fingerprint density at radius 2 is 1.23 bits per heavy atom. The molecule has 0 radical (unpaired) electrons. The molecule has 170 valence electrons. The van der Waals surface area contributed by atoms with Crippen LogP contribution in [0, 0.1) is 0 Å². The smallest absolute Gasteiger partial charge is 0.220 e. The number of carbonyl (C=O) groups is 1. The van der Waals surface area contributed by atoms with Gasteiger partial charge in [0, 0.05) is 13.0 Å². The molecule has 0 spiro atoms. The van der Waals surface area contributed by atoms with Crippen LogP contribution in [0.5, 0.6) is 5.75 Å². The van der Waals surface area contributed by atoms with Crippen molar-refractivity contribution in [1.82, 2.24) is 5.32 Å². The van der Waals surface area contributed by atoms with E-state index in [1.807, 2.05) is 24.3 Å². The van der Waals surface area contributed by atoms with E-state index in [2.05, 4.69) is 12.2 Å². The van der Waals surface area contributed by atoms with Gasteiger partial charge in [0.25, 0.3) is 0 Å². The number of phenolic OH excluding ortho intramolecular Hbond substituents is 1. The van der Waals surface area contributed by atoms with E-state index >= 15 is 0 Å². The van der Waals surface area contributed by atoms with Gasteiger partial charge in [-0.15, -0.1) is 0 Å². The largest absolute Gasteiger partial charge is 0.508 e. The predicted octanol–water partition coefficient (Wildman–Crippen LogP) is 7.78. The lowest BCUT2D eigenvalue weighted by Gasteiger charge is -2.04. The standard InChI is InChI=1S/C27H45NO2/c1-2-3-4-5-6-7-8-9-10-11-12-13-14-15-16-19-27(30)28-24-17-18-25-20-22-26(29)23-21-25/h17-18,20-23,29H,2-16,19,24H2,1H3,(H,28,30). The minimum Gasteiger partial charge on any atom is -0.508 e. The van der Waals surface area contributed by atoms with Crippen LogP contribution in [0.4, 0.5) is 0 Å². The van der Waals surface area contributed by atoms with Gasteiger partial charge < -0.3 is 10.4 Å². The molecule has 0 heterocycles. The van der Waals surface area contributed by atoms with Gasteiger partial charge in [0.05, 0.1) is 0 Å². The Hall–Kier alpha value is -1.77. The van der Waals surface area contributed by atoms with Gasteiger partial charge in [0.1, 0.15) is 5.75 Å². The first-order chi connectivity index (χ1) is 14.7. The normalized spacial score (nSPS) is 11.2. The second-order valence-corrected chi connectivity index (χ2v) is 8.50. The molecule has 0 saturated carbocycles. The fourth-order valence-corrected chi connectivity index (χ4v) is 3.70. The average Bonchev–Trinajstić information content (AvgIpc) is 2.75. The number of phenols is 1. The highest BCUT2D eigenvalue weighted by Gasteiger charge is 1.99. The van der Waals surface area contributed by atoms with Crippen molar-refractivity contribution in [2.24, 2.45) is 0 Å². The predicted molar refractivity (Wildman–Crippen MR) is 130 cm³/mol. The summed E-state index contributed by atoms with van der Waals surface area (Å²) in [6.07, 6.45) is 24.7. The fourth-order valence-electron chi connectivity index (χ4n) is 3.70. The monoisotopic (exact) mass is 415 g/mol. The second kappa shape index (κ2) is 19.2. The van der Waals surface area contributed by atoms with E-state index in [9.17, 15) is 9.90 Å². The second-order valence-electron chi connectivity index (χ2n) is 8.50. The molecular formula is C27H45NO2. The zero-order valence-corrected chi connectivity index (χ0v) is 19.3. The van der Waals surface area contributed by atoms with Crippen molar-refractivity contribution in [2.45, 2.75) is 110 Å². The number of amides is 1. The van der Waals surface area contributed by atoms with Crippen molar-refractivity contribution >= 4 is 12.0 Å². The van der Waals surface area contributed by atoms with Crippen LogP contribution in [0.1, 0.15) is 115 Å². The van der Waals surface area contributed by atoms with Crippen LogP contribution in [-0.4, -0.2) is 17.6 Å². The number of carbonyl (C=O) groups excluding carboxylic acids is 1. The minimum absolute atomic E-state index is 0.139. The van der Waals surface area contributed by atoms with E-state index in [1.54, 1.807) is 12.1 Å². The van der Waals surface area contributed by atoms with Gasteiger partial charge in [-0.2, -0.15) is 0 Å². The van der Waals surface area contributed by atoms with E-state index in [1.165, 1.54) is 83.5 Å². The maximum atomic E-state index is 11.9. The van der Waals surface area contributed by atoms with E-state index in [4.69, 9.17) is 0 Å². The van der Waals surface area contributed by atoms with E-state index in [-0.39, 0.29) is 11.7 Å². The first kappa shape index (κ1) is 26.3. The van der Waals surface area contributed by atoms with Crippen molar-refractivity contribution in [3.8, 4) is 5.75 Å². The topological polar surface area (TPSA) is 49.3 Å². The average molecular weight is 416 g/mol. The Balaban J connectivity index is 1.82. The molecule has 0 aliphatic carbocycles. The lowest BCUT2D eigenvalue weighted by atomic mass is 10.0. The van der Waals surface area contributed by atoms with Crippen LogP contribution in [-0.2, 0) is 4.79 Å². The molecule has 1 aromatic rings. The Morgan fingerprint density at radius 1 is 0.767 bits per heavy atom. The number of nitrogens with one attached hydrogen (secondary N) is 1. The Kier molecular flexibility index (Phi) is 16.8. The van der Waals surface area contributed by atoms with Gasteiger partial charge in [-0.1, -0.05) is 121 Å². The SMILES string of the molecule is CCCCCCCCCCCCCCCCCC(=O)NCC=Cc1ccc(O)cc1. The number of hydrogen-bond donors (Lipinski definition) is 2. The minimum atomic E-state index is 0.139. The summed E-state index contributed by atoms with van der Waals surface area (Å²) < 4.78 is 0. The third-order valence-electron chi connectivity index (χ3n) is 5.63. The summed E-state index contributed by atoms with van der Waals surface area (Å²) in [6, 6.07) is 7.02. The van der Waals surface area contributed by atoms with Crippen molar-refractivity contribution in [3.05, 3.63) is 35.9 Å². The van der Waals surface area contributed by atoms with Crippen LogP contribution in [0.3, 0.4) is 0 Å². The van der Waals surface area contributed by atoms with Crippen LogP contribution in [0.2, 0.25) is 0 Å². The fraction of sp³-hybridized carbons (Fsp3) is 0.667. The van der Waals surface area contributed by atoms with Gasteiger partial charge in [-0.3, -0.25) is 4.79 Å². The third kappa shape index (κ3) is 16.1. The third-order valence-corrected chi connectivity index (χ3v) is 5.63. The van der Waals surface area contributed by atoms with E-state index < -0.39 is 0 Å². The molecule has 0 aliphatic rings. The van der Waals surface area contributed by atoms with Crippen molar-refractivity contribution < 1.29 is 9.90 Å². The summed E-state index contributed by atoms with van der Waals surface area (Å²) in [5.74, 6) is 0.406. The molecule has 0 bridgehead atoms. The molecule has 1 aromatic carbocycles. The molecule has 0 aliphatic heterocycles. The molecule has 2 N–H and O–H groups in total. The van der Waals surface area contributed by atoms with Gasteiger partial charge in [-0.25, -0.2) is 0 Å². The van der Waals surface area contributed by atoms with Gasteiger partial charge in [0.2, 0.25) is 5.91 Å². The molecule has 0 atom stereocenters. The molecule has 0 aromatic heterocycles. The quantitative estimate of drug-likeness (QED) is 0.227. The summed E-state index contributed by atoms with van der Waals surface area (Å²) in [5, 5.41) is 12.2. The number of unbranched alkanes of at least 4 members (excludes halogenated alkanes) is 14. The number of aromatic hydroxyl groups is 1. The Bertz CT molecular complexity index is 550. The maximum Gasteiger partial charge on any atom is 0.220 e. The van der Waals surface area contributed by atoms with Crippen LogP contribution in [0.25, 0.3) is 6.08 Å². The van der Waals surface area contributed by atoms with E-state index in [0.717, 1.165) is 18.4 Å². The van der Waals surface area contributed by atoms with Crippen LogP contribution >= 0.6 is 0 Å². The molecule has 0 saturated heterocycles. The maximum absolute atomic E-state index is 11.9. The molecule has 1 rings (SSSR count). The molecule has 0 unspecified atom stereocenters. The molecular weight excluding hydrogens is 370 g/mol. The van der Waals surface area contributed by atoms with Crippen LogP contribution in [0.15, 0.2) is 30.3 Å². The molecule has 3 nitrogen and oxygen atoms in total. The molecule has 0 fully saturated rings. The zero-order valence-electron chi connectivity index (χ0n) is 19.3. The van der Waals surface area contributed by atoms with Crippen molar-refractivity contribution in [1.29, 1.82) is 0 Å². The lowest BCUT2D eigenvalue weighted by Crippen LogP contribution is -2.22. The van der Waals surface area contributed by atoms with Gasteiger partial charge in [0.15, 0.2) is 0 Å². The number of rotatable bonds is 19. The summed E-state index contributed by atoms with van der Waals surface area (Å²) in [5.41, 5.74) is 1.02. The highest BCUT2D eigenvalue weighted by atomic mass is 16.3. The summed E-state index contributed by atoms with van der Waals surface area (Å²) in [6.45, 7) is 2.83. The van der Waals surface area contributed by atoms with Crippen LogP contribution < -0.4 is 5.32 Å². The van der Waals surface area contributed by atoms with Gasteiger partial charge in [-0.05, 0) is 24.1 Å². The summed E-state index contributed by atoms with van der Waals surface area (Å²) in [7, 11) is 0. The zero-order chi connectivity index (χ0) is 21.7. The Morgan fingerprint density at radius 3 is 1.73 bits per heavy atom. The highest BCUT2D eigenvalue weighted by Crippen LogP contribution is 2.14. The molecule has 30 heavy (non-hydrogen) atoms. The molecule has 1 amide bonds. The van der Waals surface area contributed by atoms with Crippen molar-refractivity contribution in [2.75, 3.05) is 6.54 Å². The highest BCUT2D eigenvalue weighted by molar-refractivity contribution is 5.76.